The Hall–Kier alpha value is -1.23. The van der Waals surface area contributed by atoms with Crippen LogP contribution in [0.5, 0.6) is 0 Å². The van der Waals surface area contributed by atoms with E-state index in [-0.39, 0.29) is 6.61 Å². The van der Waals surface area contributed by atoms with Gasteiger partial charge in [0.2, 0.25) is 0 Å². The van der Waals surface area contributed by atoms with Crippen LogP contribution in [0.2, 0.25) is 0 Å². The third-order valence-corrected chi connectivity index (χ3v) is 3.23. The predicted molar refractivity (Wildman–Crippen MR) is 69.2 cm³/mol. The molecule has 5 heteroatoms. The van der Waals surface area contributed by atoms with Crippen LogP contribution in [-0.4, -0.2) is 34.1 Å². The highest BCUT2D eigenvalue weighted by Gasteiger charge is 2.32. The first-order valence-corrected chi connectivity index (χ1v) is 6.26. The lowest BCUT2D eigenvalue weighted by Crippen LogP contribution is -2.31. The lowest BCUT2D eigenvalue weighted by atomic mass is 10.1. The number of aromatic nitrogens is 2. The van der Waals surface area contributed by atoms with Gasteiger partial charge in [-0.2, -0.15) is 5.10 Å². The number of nitrogen functional groups attached to an aromatic ring is 1. The maximum absolute atomic E-state index is 9.16. The maximum atomic E-state index is 9.16. The Balaban J connectivity index is 2.35. The fraction of sp³-hybridized carbons (Fsp3) is 0.750. The van der Waals surface area contributed by atoms with Gasteiger partial charge in [0.05, 0.1) is 18.0 Å². The lowest BCUT2D eigenvalue weighted by molar-refractivity contribution is 0.300. The highest BCUT2D eigenvalue weighted by Crippen LogP contribution is 2.37. The van der Waals surface area contributed by atoms with Crippen molar-refractivity contribution < 1.29 is 5.11 Å². The molecule has 0 aromatic carbocycles. The third-order valence-electron chi connectivity index (χ3n) is 3.23. The molecule has 3 N–H and O–H groups in total. The zero-order valence-corrected chi connectivity index (χ0v) is 10.8. The summed E-state index contributed by atoms with van der Waals surface area (Å²) < 4.78 is 1.85. The van der Waals surface area contributed by atoms with Crippen LogP contribution >= 0.6 is 0 Å². The highest BCUT2D eigenvalue weighted by molar-refractivity contribution is 5.68. The third kappa shape index (κ3) is 2.24. The van der Waals surface area contributed by atoms with Gasteiger partial charge in [0, 0.05) is 19.6 Å². The van der Waals surface area contributed by atoms with Gasteiger partial charge >= 0.3 is 0 Å². The van der Waals surface area contributed by atoms with E-state index in [1.165, 1.54) is 12.8 Å². The number of hydrogen-bond donors (Lipinski definition) is 2. The number of aryl methyl sites for hydroxylation is 1. The Bertz CT molecular complexity index is 395. The Labute approximate surface area is 102 Å². The molecule has 1 aliphatic rings. The van der Waals surface area contributed by atoms with Gasteiger partial charge in [0.1, 0.15) is 0 Å². The number of nitrogens with two attached hydrogens (primary N) is 1. The van der Waals surface area contributed by atoms with E-state index < -0.39 is 0 Å². The quantitative estimate of drug-likeness (QED) is 0.805. The summed E-state index contributed by atoms with van der Waals surface area (Å²) in [4.78, 5) is 2.19. The Morgan fingerprint density at radius 1 is 1.53 bits per heavy atom. The molecule has 1 saturated carbocycles. The molecule has 0 amide bonds. The Morgan fingerprint density at radius 3 is 2.59 bits per heavy atom. The van der Waals surface area contributed by atoms with Crippen LogP contribution in [0.4, 0.5) is 11.5 Å². The second-order valence-electron chi connectivity index (χ2n) is 5.05. The molecule has 0 aliphatic heterocycles. The fourth-order valence-electron chi connectivity index (χ4n) is 2.27. The SMILES string of the molecule is CC(C)c1nn(C)c(N(CCO)C2CC2)c1N. The van der Waals surface area contributed by atoms with Gasteiger partial charge in [-0.25, -0.2) is 0 Å². The molecule has 0 saturated heterocycles. The molecule has 0 bridgehead atoms. The first-order chi connectivity index (χ1) is 8.06. The average molecular weight is 238 g/mol. The summed E-state index contributed by atoms with van der Waals surface area (Å²) in [5, 5.41) is 13.7. The smallest absolute Gasteiger partial charge is 0.150 e. The molecule has 0 radical (unpaired) electrons. The van der Waals surface area contributed by atoms with Crippen molar-refractivity contribution in [1.29, 1.82) is 0 Å². The Morgan fingerprint density at radius 2 is 2.18 bits per heavy atom. The molecule has 5 nitrogen and oxygen atoms in total. The van der Waals surface area contributed by atoms with E-state index in [4.69, 9.17) is 10.8 Å². The first kappa shape index (κ1) is 12.2. The van der Waals surface area contributed by atoms with Crippen molar-refractivity contribution in [3.63, 3.8) is 0 Å². The molecule has 17 heavy (non-hydrogen) atoms. The maximum Gasteiger partial charge on any atom is 0.150 e. The van der Waals surface area contributed by atoms with E-state index in [1.807, 2.05) is 11.7 Å². The van der Waals surface area contributed by atoms with Crippen molar-refractivity contribution in [2.45, 2.75) is 38.6 Å². The Kier molecular flexibility index (Phi) is 3.28. The molecule has 1 aromatic heterocycles. The molecular weight excluding hydrogens is 216 g/mol. The summed E-state index contributed by atoms with van der Waals surface area (Å²) in [5.74, 6) is 1.29. The topological polar surface area (TPSA) is 67.3 Å². The van der Waals surface area contributed by atoms with Gasteiger partial charge in [-0.3, -0.25) is 4.68 Å². The molecular formula is C12H22N4O. The molecule has 1 heterocycles. The van der Waals surface area contributed by atoms with Crippen LogP contribution in [0.25, 0.3) is 0 Å². The van der Waals surface area contributed by atoms with Crippen molar-refractivity contribution in [3.05, 3.63) is 5.69 Å². The summed E-state index contributed by atoms with van der Waals surface area (Å²) in [6.45, 7) is 4.97. The second kappa shape index (κ2) is 4.56. The number of anilines is 2. The molecule has 96 valence electrons. The fourth-order valence-corrected chi connectivity index (χ4v) is 2.27. The van der Waals surface area contributed by atoms with E-state index in [9.17, 15) is 0 Å². The molecule has 1 fully saturated rings. The largest absolute Gasteiger partial charge is 0.395 e. The minimum atomic E-state index is 0.151. The normalized spacial score (nSPS) is 15.6. The van der Waals surface area contributed by atoms with Gasteiger partial charge in [0.15, 0.2) is 5.82 Å². The summed E-state index contributed by atoms with van der Waals surface area (Å²) in [6.07, 6.45) is 2.36. The molecule has 2 rings (SSSR count). The van der Waals surface area contributed by atoms with Crippen molar-refractivity contribution >= 4 is 11.5 Å². The van der Waals surface area contributed by atoms with E-state index in [0.717, 1.165) is 17.2 Å². The van der Waals surface area contributed by atoms with Crippen molar-refractivity contribution in [2.75, 3.05) is 23.8 Å². The van der Waals surface area contributed by atoms with E-state index in [1.54, 1.807) is 0 Å². The van der Waals surface area contributed by atoms with Gasteiger partial charge in [-0.1, -0.05) is 13.8 Å². The van der Waals surface area contributed by atoms with E-state index in [2.05, 4.69) is 23.8 Å². The standard InChI is InChI=1S/C12H22N4O/c1-8(2)11-10(13)12(15(3)14-11)16(6-7-17)9-4-5-9/h8-9,17H,4-7,13H2,1-3H3. The number of hydrogen-bond acceptors (Lipinski definition) is 4. The summed E-state index contributed by atoms with van der Waals surface area (Å²) in [7, 11) is 1.92. The molecule has 0 unspecified atom stereocenters. The lowest BCUT2D eigenvalue weighted by Gasteiger charge is -2.24. The second-order valence-corrected chi connectivity index (χ2v) is 5.05. The zero-order chi connectivity index (χ0) is 12.6. The summed E-state index contributed by atoms with van der Waals surface area (Å²) in [6, 6.07) is 0.528. The molecule has 0 atom stereocenters. The van der Waals surface area contributed by atoms with Crippen LogP contribution in [0.1, 0.15) is 38.3 Å². The van der Waals surface area contributed by atoms with Crippen molar-refractivity contribution in [1.82, 2.24) is 9.78 Å². The molecule has 1 aromatic rings. The van der Waals surface area contributed by atoms with Crippen LogP contribution in [-0.2, 0) is 7.05 Å². The molecule has 0 spiro atoms. The molecule has 1 aliphatic carbocycles. The zero-order valence-electron chi connectivity index (χ0n) is 10.8. The predicted octanol–water partition coefficient (Wildman–Crippen LogP) is 1.09. The monoisotopic (exact) mass is 238 g/mol. The number of rotatable bonds is 5. The van der Waals surface area contributed by atoms with Crippen LogP contribution in [0, 0.1) is 0 Å². The summed E-state index contributed by atoms with van der Waals surface area (Å²) >= 11 is 0. The highest BCUT2D eigenvalue weighted by atomic mass is 16.3. The summed E-state index contributed by atoms with van der Waals surface area (Å²) in [5.41, 5.74) is 7.91. The van der Waals surface area contributed by atoms with E-state index in [0.29, 0.717) is 18.5 Å². The first-order valence-electron chi connectivity index (χ1n) is 6.26. The number of aliphatic hydroxyl groups is 1. The van der Waals surface area contributed by atoms with Crippen LogP contribution < -0.4 is 10.6 Å². The number of aliphatic hydroxyl groups excluding tert-OH is 1. The number of nitrogens with zero attached hydrogens (tertiary/aromatic N) is 3. The van der Waals surface area contributed by atoms with E-state index >= 15 is 0 Å². The van der Waals surface area contributed by atoms with Gasteiger partial charge in [-0.15, -0.1) is 0 Å². The average Bonchev–Trinajstić information content (AvgIpc) is 3.04. The minimum Gasteiger partial charge on any atom is -0.395 e. The van der Waals surface area contributed by atoms with Crippen molar-refractivity contribution in [2.24, 2.45) is 7.05 Å². The van der Waals surface area contributed by atoms with Crippen molar-refractivity contribution in [3.8, 4) is 0 Å². The van der Waals surface area contributed by atoms with Crippen LogP contribution in [0.3, 0.4) is 0 Å². The van der Waals surface area contributed by atoms with Gasteiger partial charge < -0.3 is 15.7 Å². The van der Waals surface area contributed by atoms with Crippen LogP contribution in [0.15, 0.2) is 0 Å². The van der Waals surface area contributed by atoms with Gasteiger partial charge in [-0.05, 0) is 18.8 Å². The van der Waals surface area contributed by atoms with Gasteiger partial charge in [0.25, 0.3) is 0 Å². The minimum absolute atomic E-state index is 0.151.